The average molecular weight is 414 g/mol. The largest absolute Gasteiger partial charge is 0.349 e. The first-order valence-electron chi connectivity index (χ1n) is 9.00. The molecular formula is C18H20BrN7. The van der Waals surface area contributed by atoms with Crippen molar-refractivity contribution in [3.8, 4) is 0 Å². The summed E-state index contributed by atoms with van der Waals surface area (Å²) in [7, 11) is 0. The van der Waals surface area contributed by atoms with Gasteiger partial charge < -0.3 is 9.47 Å². The van der Waals surface area contributed by atoms with Crippen LogP contribution in [0.15, 0.2) is 35.5 Å². The maximum absolute atomic E-state index is 4.58. The molecular weight excluding hydrogens is 394 g/mol. The van der Waals surface area contributed by atoms with E-state index in [1.165, 1.54) is 6.42 Å². The molecule has 2 atom stereocenters. The van der Waals surface area contributed by atoms with E-state index < -0.39 is 0 Å². The Morgan fingerprint density at radius 1 is 1.12 bits per heavy atom. The second-order valence-electron chi connectivity index (χ2n) is 6.99. The first-order valence-corrected chi connectivity index (χ1v) is 9.79. The maximum Gasteiger partial charge on any atom is 0.165 e. The topological polar surface area (TPSA) is 63.0 Å². The summed E-state index contributed by atoms with van der Waals surface area (Å²) in [5.74, 6) is 0.983. The molecule has 26 heavy (non-hydrogen) atoms. The highest BCUT2D eigenvalue weighted by atomic mass is 79.9. The number of nitrogens with zero attached hydrogens (tertiary/aromatic N) is 7. The molecule has 2 saturated heterocycles. The number of hydrogen-bond acceptors (Lipinski definition) is 6. The third kappa shape index (κ3) is 2.59. The molecule has 0 spiro atoms. The Labute approximate surface area is 160 Å². The van der Waals surface area contributed by atoms with E-state index in [4.69, 9.17) is 0 Å². The van der Waals surface area contributed by atoms with Gasteiger partial charge in [0.15, 0.2) is 17.0 Å². The Bertz CT molecular complexity index is 938. The van der Waals surface area contributed by atoms with Crippen LogP contribution in [0.1, 0.15) is 19.0 Å². The fourth-order valence-electron chi connectivity index (χ4n) is 4.22. The summed E-state index contributed by atoms with van der Waals surface area (Å²) in [5, 5.41) is 0. The lowest BCUT2D eigenvalue weighted by Gasteiger charge is -2.34. The Morgan fingerprint density at radius 3 is 2.77 bits per heavy atom. The van der Waals surface area contributed by atoms with Gasteiger partial charge in [-0.3, -0.25) is 9.88 Å². The number of rotatable bonds is 4. The van der Waals surface area contributed by atoms with E-state index in [0.717, 1.165) is 53.3 Å². The first kappa shape index (κ1) is 16.1. The molecule has 0 N–H and O–H groups in total. The number of aromatic nitrogens is 5. The monoisotopic (exact) mass is 413 g/mol. The number of halogens is 1. The number of hydrogen-bond donors (Lipinski definition) is 0. The van der Waals surface area contributed by atoms with Crippen molar-refractivity contribution in [2.75, 3.05) is 18.0 Å². The predicted octanol–water partition coefficient (Wildman–Crippen LogP) is 2.47. The van der Waals surface area contributed by atoms with Crippen molar-refractivity contribution in [2.45, 2.75) is 38.5 Å². The summed E-state index contributed by atoms with van der Waals surface area (Å²) in [4.78, 5) is 23.1. The lowest BCUT2D eigenvalue weighted by Crippen LogP contribution is -2.46. The summed E-state index contributed by atoms with van der Waals surface area (Å²) in [5.41, 5.74) is 2.97. The number of aryl methyl sites for hydroxylation is 1. The highest BCUT2D eigenvalue weighted by Gasteiger charge is 2.44. The fraction of sp³-hybridized carbons (Fsp3) is 0.444. The second kappa shape index (κ2) is 6.28. The van der Waals surface area contributed by atoms with Crippen molar-refractivity contribution in [2.24, 2.45) is 0 Å². The van der Waals surface area contributed by atoms with Crippen molar-refractivity contribution in [3.05, 3.63) is 41.2 Å². The maximum atomic E-state index is 4.58. The Kier molecular flexibility index (Phi) is 3.90. The summed E-state index contributed by atoms with van der Waals surface area (Å²) >= 11 is 3.45. The zero-order chi connectivity index (χ0) is 17.7. The average Bonchev–Trinajstić information content (AvgIpc) is 3.36. The van der Waals surface area contributed by atoms with Crippen LogP contribution in [0.2, 0.25) is 0 Å². The number of imidazole rings is 1. The van der Waals surface area contributed by atoms with Crippen molar-refractivity contribution in [1.29, 1.82) is 0 Å². The number of fused-ring (bicyclic) bond motifs is 3. The third-order valence-electron chi connectivity index (χ3n) is 5.50. The van der Waals surface area contributed by atoms with Gasteiger partial charge in [-0.05, 0) is 41.4 Å². The smallest absolute Gasteiger partial charge is 0.165 e. The van der Waals surface area contributed by atoms with Crippen LogP contribution in [-0.2, 0) is 13.1 Å². The zero-order valence-electron chi connectivity index (χ0n) is 14.6. The van der Waals surface area contributed by atoms with Gasteiger partial charge in [-0.1, -0.05) is 0 Å². The first-order chi connectivity index (χ1) is 12.7. The minimum Gasteiger partial charge on any atom is -0.349 e. The van der Waals surface area contributed by atoms with E-state index in [1.54, 1.807) is 6.33 Å². The highest BCUT2D eigenvalue weighted by molar-refractivity contribution is 9.10. The standard InChI is InChI=1S/C18H20BrN7/c1-2-24-11-23-16-17(24)21-10-22-18(16)26-9-14-5-15(26)8-25(14)7-13-4-3-12(19)6-20-13/h3-4,6,10-11,14-15H,2,5,7-9H2,1H3. The molecule has 0 aromatic carbocycles. The van der Waals surface area contributed by atoms with Gasteiger partial charge in [-0.25, -0.2) is 15.0 Å². The van der Waals surface area contributed by atoms with Crippen LogP contribution in [0.4, 0.5) is 5.82 Å². The summed E-state index contributed by atoms with van der Waals surface area (Å²) in [6, 6.07) is 5.19. The molecule has 8 heteroatoms. The molecule has 0 radical (unpaired) electrons. The fourth-order valence-corrected chi connectivity index (χ4v) is 4.45. The second-order valence-corrected chi connectivity index (χ2v) is 7.91. The quantitative estimate of drug-likeness (QED) is 0.654. The molecule has 2 aliphatic rings. The van der Waals surface area contributed by atoms with Gasteiger partial charge in [0.05, 0.1) is 12.0 Å². The van der Waals surface area contributed by atoms with Crippen LogP contribution in [0, 0.1) is 0 Å². The lowest BCUT2D eigenvalue weighted by atomic mass is 10.2. The van der Waals surface area contributed by atoms with E-state index in [0.29, 0.717) is 12.1 Å². The van der Waals surface area contributed by atoms with Crippen LogP contribution < -0.4 is 4.90 Å². The van der Waals surface area contributed by atoms with E-state index in [1.807, 2.05) is 12.5 Å². The molecule has 134 valence electrons. The van der Waals surface area contributed by atoms with Crippen molar-refractivity contribution in [3.63, 3.8) is 0 Å². The summed E-state index contributed by atoms with van der Waals surface area (Å²) in [6.07, 6.45) is 6.58. The van der Waals surface area contributed by atoms with Crippen LogP contribution in [0.5, 0.6) is 0 Å². The molecule has 0 amide bonds. The van der Waals surface area contributed by atoms with Crippen molar-refractivity contribution < 1.29 is 0 Å². The van der Waals surface area contributed by atoms with Crippen LogP contribution in [0.3, 0.4) is 0 Å². The van der Waals surface area contributed by atoms with Crippen LogP contribution in [-0.4, -0.2) is 54.6 Å². The van der Waals surface area contributed by atoms with Gasteiger partial charge in [0.1, 0.15) is 6.33 Å². The zero-order valence-corrected chi connectivity index (χ0v) is 16.2. The predicted molar refractivity (Wildman–Crippen MR) is 103 cm³/mol. The van der Waals surface area contributed by atoms with E-state index >= 15 is 0 Å². The van der Waals surface area contributed by atoms with Gasteiger partial charge in [0.25, 0.3) is 0 Å². The Hall–Kier alpha value is -2.06. The van der Waals surface area contributed by atoms with E-state index in [9.17, 15) is 0 Å². The van der Waals surface area contributed by atoms with Crippen LogP contribution >= 0.6 is 15.9 Å². The van der Waals surface area contributed by atoms with Crippen molar-refractivity contribution in [1.82, 2.24) is 29.4 Å². The van der Waals surface area contributed by atoms with Crippen molar-refractivity contribution >= 4 is 32.9 Å². The molecule has 2 unspecified atom stereocenters. The molecule has 2 bridgehead atoms. The highest BCUT2D eigenvalue weighted by Crippen LogP contribution is 2.36. The molecule has 5 rings (SSSR count). The minimum atomic E-state index is 0.486. The molecule has 3 aromatic heterocycles. The molecule has 7 nitrogen and oxygen atoms in total. The molecule has 5 heterocycles. The minimum absolute atomic E-state index is 0.486. The number of piperazine rings is 1. The number of likely N-dealkylation sites (tertiary alicyclic amines) is 1. The summed E-state index contributed by atoms with van der Waals surface area (Å²) in [6.45, 7) is 5.92. The SMILES string of the molecule is CCn1cnc2c(N3CC4CC3CN4Cc3ccc(Br)cn3)ncnc21. The van der Waals surface area contributed by atoms with Gasteiger partial charge in [-0.2, -0.15) is 0 Å². The van der Waals surface area contributed by atoms with E-state index in [2.05, 4.69) is 69.3 Å². The Morgan fingerprint density at radius 2 is 2.04 bits per heavy atom. The Balaban J connectivity index is 1.36. The van der Waals surface area contributed by atoms with Crippen LogP contribution in [0.25, 0.3) is 11.2 Å². The van der Waals surface area contributed by atoms with Gasteiger partial charge >= 0.3 is 0 Å². The molecule has 2 fully saturated rings. The molecule has 2 aliphatic heterocycles. The van der Waals surface area contributed by atoms with Gasteiger partial charge in [0.2, 0.25) is 0 Å². The van der Waals surface area contributed by atoms with Gasteiger partial charge in [-0.15, -0.1) is 0 Å². The number of pyridine rings is 1. The normalized spacial score (nSPS) is 22.6. The molecule has 0 saturated carbocycles. The van der Waals surface area contributed by atoms with E-state index in [-0.39, 0.29) is 0 Å². The summed E-state index contributed by atoms with van der Waals surface area (Å²) < 4.78 is 3.09. The molecule has 3 aromatic rings. The van der Waals surface area contributed by atoms with Gasteiger partial charge in [0, 0.05) is 48.9 Å². The molecule has 0 aliphatic carbocycles. The lowest BCUT2D eigenvalue weighted by molar-refractivity contribution is 0.227. The number of anilines is 1. The third-order valence-corrected chi connectivity index (χ3v) is 5.97.